The molecule has 1 aliphatic carbocycles. The topological polar surface area (TPSA) is 54.4 Å². The van der Waals surface area contributed by atoms with Crippen molar-refractivity contribution in [1.82, 2.24) is 10.3 Å². The van der Waals surface area contributed by atoms with Crippen molar-refractivity contribution in [3.05, 3.63) is 76.1 Å². The average molecular weight is 374 g/mol. The first-order chi connectivity index (χ1) is 13.5. The second-order valence-corrected chi connectivity index (χ2v) is 7.71. The summed E-state index contributed by atoms with van der Waals surface area (Å²) < 4.78 is 0. The van der Waals surface area contributed by atoms with Gasteiger partial charge in [0.2, 0.25) is 0 Å². The fraction of sp³-hybridized carbons (Fsp3) is 0.292. The number of nitrogens with one attached hydrogen (secondary N) is 1. The number of allylic oxidation sites excluding steroid dienone is 3. The molecule has 28 heavy (non-hydrogen) atoms. The molecule has 1 amide bonds. The highest BCUT2D eigenvalue weighted by atomic mass is 16.2. The molecular formula is C24H27N3O. The Labute approximate surface area is 167 Å². The van der Waals surface area contributed by atoms with E-state index in [2.05, 4.69) is 39.6 Å². The molecule has 4 rings (SSSR count). The van der Waals surface area contributed by atoms with Crippen LogP contribution in [0, 0.1) is 0 Å². The number of fused-ring (bicyclic) bond motifs is 2. The van der Waals surface area contributed by atoms with E-state index in [1.165, 1.54) is 11.1 Å². The van der Waals surface area contributed by atoms with E-state index in [0.29, 0.717) is 0 Å². The van der Waals surface area contributed by atoms with Gasteiger partial charge in [0.1, 0.15) is 0 Å². The van der Waals surface area contributed by atoms with Crippen molar-refractivity contribution >= 4 is 23.3 Å². The Morgan fingerprint density at radius 1 is 1.36 bits per heavy atom. The van der Waals surface area contributed by atoms with Crippen LogP contribution in [0.3, 0.4) is 0 Å². The first kappa shape index (κ1) is 18.4. The molecule has 1 N–H and O–H groups in total. The van der Waals surface area contributed by atoms with Crippen molar-refractivity contribution in [3.8, 4) is 0 Å². The minimum absolute atomic E-state index is 0. The van der Waals surface area contributed by atoms with Gasteiger partial charge < -0.3 is 5.32 Å². The van der Waals surface area contributed by atoms with Gasteiger partial charge in [0.05, 0.1) is 11.2 Å². The van der Waals surface area contributed by atoms with E-state index in [9.17, 15) is 4.79 Å². The summed E-state index contributed by atoms with van der Waals surface area (Å²) in [5, 5.41) is 3.06. The van der Waals surface area contributed by atoms with Crippen LogP contribution >= 0.6 is 0 Å². The summed E-state index contributed by atoms with van der Waals surface area (Å²) in [5.41, 5.74) is 8.29. The van der Waals surface area contributed by atoms with Gasteiger partial charge in [0, 0.05) is 37.9 Å². The predicted molar refractivity (Wildman–Crippen MR) is 117 cm³/mol. The van der Waals surface area contributed by atoms with Gasteiger partial charge >= 0.3 is 0 Å². The Kier molecular flexibility index (Phi) is 4.50. The summed E-state index contributed by atoms with van der Waals surface area (Å²) in [7, 11) is 0. The molecule has 0 bridgehead atoms. The molecule has 1 aliphatic heterocycles. The van der Waals surface area contributed by atoms with Crippen LogP contribution in [0.2, 0.25) is 0 Å². The lowest BCUT2D eigenvalue weighted by Crippen LogP contribution is -2.32. The molecule has 0 saturated heterocycles. The fourth-order valence-electron chi connectivity index (χ4n) is 4.10. The SMILES string of the molecule is C/C=C(\C=NCC)c1ccnc2c1C(c1ccc3c(c1)C(C)(C)NC3=O)=CC2.[HH]. The summed E-state index contributed by atoms with van der Waals surface area (Å²) in [6, 6.07) is 8.21. The maximum absolute atomic E-state index is 12.2. The van der Waals surface area contributed by atoms with Crippen molar-refractivity contribution in [2.24, 2.45) is 4.99 Å². The highest BCUT2D eigenvalue weighted by Gasteiger charge is 2.35. The van der Waals surface area contributed by atoms with Crippen molar-refractivity contribution in [2.45, 2.75) is 39.7 Å². The third kappa shape index (κ3) is 2.89. The smallest absolute Gasteiger partial charge is 0.252 e. The third-order valence-electron chi connectivity index (χ3n) is 5.51. The first-order valence-electron chi connectivity index (χ1n) is 9.78. The first-order valence-corrected chi connectivity index (χ1v) is 9.78. The molecule has 0 unspecified atom stereocenters. The zero-order valence-electron chi connectivity index (χ0n) is 16.8. The molecule has 0 radical (unpaired) electrons. The normalized spacial score (nSPS) is 17.5. The van der Waals surface area contributed by atoms with Gasteiger partial charge in [-0.05, 0) is 73.7 Å². The van der Waals surface area contributed by atoms with E-state index in [4.69, 9.17) is 0 Å². The Balaban J connectivity index is 0.00000240. The van der Waals surface area contributed by atoms with Gasteiger partial charge in [-0.25, -0.2) is 0 Å². The van der Waals surface area contributed by atoms with Crippen LogP contribution in [0.5, 0.6) is 0 Å². The summed E-state index contributed by atoms with van der Waals surface area (Å²) in [6.07, 6.45) is 8.98. The summed E-state index contributed by atoms with van der Waals surface area (Å²) in [5.74, 6) is 0.00156. The Morgan fingerprint density at radius 3 is 2.93 bits per heavy atom. The van der Waals surface area contributed by atoms with Crippen molar-refractivity contribution < 1.29 is 6.22 Å². The van der Waals surface area contributed by atoms with E-state index in [0.717, 1.165) is 46.5 Å². The summed E-state index contributed by atoms with van der Waals surface area (Å²) >= 11 is 0. The number of aliphatic imine (C=N–C) groups is 1. The Bertz CT molecular complexity index is 1060. The van der Waals surface area contributed by atoms with E-state index in [1.54, 1.807) is 0 Å². The number of hydrogen-bond acceptors (Lipinski definition) is 3. The molecule has 2 aliphatic rings. The predicted octanol–water partition coefficient (Wildman–Crippen LogP) is 4.79. The number of carbonyl (C=O) groups excluding carboxylic acids is 1. The van der Waals surface area contributed by atoms with E-state index in [-0.39, 0.29) is 12.9 Å². The summed E-state index contributed by atoms with van der Waals surface area (Å²) in [4.78, 5) is 21.3. The van der Waals surface area contributed by atoms with Crippen LogP contribution in [0.4, 0.5) is 0 Å². The molecule has 2 heterocycles. The Hall–Kier alpha value is -3.01. The van der Waals surface area contributed by atoms with Gasteiger partial charge in [-0.15, -0.1) is 0 Å². The number of benzene rings is 1. The van der Waals surface area contributed by atoms with Crippen LogP contribution in [0.25, 0.3) is 11.1 Å². The third-order valence-corrected chi connectivity index (χ3v) is 5.51. The minimum atomic E-state index is -0.357. The van der Waals surface area contributed by atoms with Crippen molar-refractivity contribution in [1.29, 1.82) is 0 Å². The molecule has 2 aromatic rings. The molecule has 4 heteroatoms. The second kappa shape index (κ2) is 6.86. The number of carbonyl (C=O) groups is 1. The number of rotatable bonds is 4. The van der Waals surface area contributed by atoms with Crippen LogP contribution < -0.4 is 5.32 Å². The molecule has 0 fully saturated rings. The number of pyridine rings is 1. The van der Waals surface area contributed by atoms with E-state index >= 15 is 0 Å². The monoisotopic (exact) mass is 373 g/mol. The molecule has 0 spiro atoms. The van der Waals surface area contributed by atoms with Gasteiger partial charge in [-0.3, -0.25) is 14.8 Å². The van der Waals surface area contributed by atoms with E-state index in [1.807, 2.05) is 52.2 Å². The Morgan fingerprint density at radius 2 is 2.18 bits per heavy atom. The van der Waals surface area contributed by atoms with Crippen LogP contribution in [0.1, 0.15) is 67.4 Å². The number of hydrogen-bond donors (Lipinski definition) is 1. The van der Waals surface area contributed by atoms with Gasteiger partial charge in [0.15, 0.2) is 0 Å². The summed E-state index contributed by atoms with van der Waals surface area (Å²) in [6.45, 7) is 8.92. The number of aromatic nitrogens is 1. The average Bonchev–Trinajstić information content (AvgIpc) is 3.21. The fourth-order valence-corrected chi connectivity index (χ4v) is 4.10. The zero-order valence-corrected chi connectivity index (χ0v) is 16.8. The lowest BCUT2D eigenvalue weighted by atomic mass is 9.88. The van der Waals surface area contributed by atoms with Gasteiger partial charge in [-0.2, -0.15) is 0 Å². The zero-order chi connectivity index (χ0) is 19.9. The standard InChI is InChI=1S/C24H25N3O.H2/c1-5-15(14-25-6-2)18-11-12-26-21-10-9-17(22(18)21)16-7-8-19-20(13-16)24(3,4)27-23(19)28;/h5,7-9,11-14H,6,10H2,1-4H3,(H,27,28);1H/b15-5+,25-14?;. The molecule has 0 atom stereocenters. The molecule has 1 aromatic carbocycles. The quantitative estimate of drug-likeness (QED) is 0.784. The van der Waals surface area contributed by atoms with Crippen molar-refractivity contribution in [3.63, 3.8) is 0 Å². The highest BCUT2D eigenvalue weighted by molar-refractivity contribution is 6.12. The second-order valence-electron chi connectivity index (χ2n) is 7.71. The molecule has 4 nitrogen and oxygen atoms in total. The largest absolute Gasteiger partial charge is 0.343 e. The lowest BCUT2D eigenvalue weighted by molar-refractivity contribution is 0.0940. The molecular weight excluding hydrogens is 346 g/mol. The van der Waals surface area contributed by atoms with Crippen LogP contribution in [0.15, 0.2) is 47.6 Å². The van der Waals surface area contributed by atoms with Gasteiger partial charge in [-0.1, -0.05) is 18.2 Å². The molecule has 1 aromatic heterocycles. The minimum Gasteiger partial charge on any atom is -0.343 e. The van der Waals surface area contributed by atoms with Gasteiger partial charge in [0.25, 0.3) is 5.91 Å². The highest BCUT2D eigenvalue weighted by Crippen LogP contribution is 2.39. The maximum Gasteiger partial charge on any atom is 0.252 e. The number of amides is 1. The molecule has 144 valence electrons. The van der Waals surface area contributed by atoms with Crippen LogP contribution in [-0.4, -0.2) is 23.7 Å². The maximum atomic E-state index is 12.2. The molecule has 0 saturated carbocycles. The van der Waals surface area contributed by atoms with E-state index < -0.39 is 0 Å². The van der Waals surface area contributed by atoms with Crippen molar-refractivity contribution in [2.75, 3.05) is 6.54 Å². The van der Waals surface area contributed by atoms with Crippen LogP contribution in [-0.2, 0) is 12.0 Å². The number of nitrogens with zero attached hydrogens (tertiary/aromatic N) is 2. The lowest BCUT2D eigenvalue weighted by Gasteiger charge is -2.20.